The number of halogens is 1. The van der Waals surface area contributed by atoms with E-state index in [-0.39, 0.29) is 11.7 Å². The van der Waals surface area contributed by atoms with Gasteiger partial charge in [-0.1, -0.05) is 25.4 Å². The van der Waals surface area contributed by atoms with E-state index in [2.05, 4.69) is 4.98 Å². The molecule has 0 aliphatic carbocycles. The van der Waals surface area contributed by atoms with Gasteiger partial charge in [-0.25, -0.2) is 0 Å². The summed E-state index contributed by atoms with van der Waals surface area (Å²) < 4.78 is 0. The Morgan fingerprint density at radius 2 is 2.36 bits per heavy atom. The number of rotatable bonds is 4. The zero-order chi connectivity index (χ0) is 10.6. The van der Waals surface area contributed by atoms with Gasteiger partial charge in [0.15, 0.2) is 0 Å². The molecule has 0 radical (unpaired) electrons. The molecule has 2 nitrogen and oxygen atoms in total. The van der Waals surface area contributed by atoms with Gasteiger partial charge in [0.1, 0.15) is 5.78 Å². The van der Waals surface area contributed by atoms with Crippen LogP contribution in [0.2, 0.25) is 5.02 Å². The van der Waals surface area contributed by atoms with Crippen molar-refractivity contribution < 1.29 is 4.79 Å². The van der Waals surface area contributed by atoms with Crippen LogP contribution in [0, 0.1) is 5.92 Å². The van der Waals surface area contributed by atoms with Gasteiger partial charge in [-0.15, -0.1) is 0 Å². The first-order chi connectivity index (χ1) is 6.65. The van der Waals surface area contributed by atoms with E-state index in [4.69, 9.17) is 11.6 Å². The van der Waals surface area contributed by atoms with Crippen LogP contribution in [0.15, 0.2) is 18.5 Å². The van der Waals surface area contributed by atoms with Crippen molar-refractivity contribution in [3.05, 3.63) is 29.0 Å². The molecule has 0 aliphatic rings. The minimum atomic E-state index is 0.110. The Hall–Kier alpha value is -0.890. The maximum atomic E-state index is 11.6. The molecule has 1 aromatic heterocycles. The summed E-state index contributed by atoms with van der Waals surface area (Å²) >= 11 is 5.90. The first-order valence-corrected chi connectivity index (χ1v) is 5.14. The maximum Gasteiger partial charge on any atom is 0.140 e. The molecule has 0 amide bonds. The van der Waals surface area contributed by atoms with Crippen molar-refractivity contribution in [2.45, 2.75) is 26.7 Å². The fourth-order valence-corrected chi connectivity index (χ4v) is 1.32. The minimum Gasteiger partial charge on any atom is -0.299 e. The number of ketones is 1. The summed E-state index contributed by atoms with van der Waals surface area (Å²) in [4.78, 5) is 15.5. The summed E-state index contributed by atoms with van der Waals surface area (Å²) in [5.74, 6) is 0.347. The first kappa shape index (κ1) is 11.2. The molecule has 0 bridgehead atoms. The van der Waals surface area contributed by atoms with Gasteiger partial charge in [-0.2, -0.15) is 0 Å². The number of carbonyl (C=O) groups excluding carboxylic acids is 1. The number of pyridine rings is 1. The van der Waals surface area contributed by atoms with Gasteiger partial charge < -0.3 is 0 Å². The van der Waals surface area contributed by atoms with Crippen molar-refractivity contribution in [2.75, 3.05) is 0 Å². The number of nitrogens with zero attached hydrogens (tertiary/aromatic N) is 1. The lowest BCUT2D eigenvalue weighted by Crippen LogP contribution is -2.12. The monoisotopic (exact) mass is 211 g/mol. The second-order valence-electron chi connectivity index (χ2n) is 3.42. The van der Waals surface area contributed by atoms with E-state index >= 15 is 0 Å². The molecule has 1 heterocycles. The van der Waals surface area contributed by atoms with E-state index in [1.54, 1.807) is 18.5 Å². The van der Waals surface area contributed by atoms with Crippen LogP contribution in [0.4, 0.5) is 0 Å². The molecule has 0 fully saturated rings. The number of carbonyl (C=O) groups is 1. The maximum absolute atomic E-state index is 11.6. The fourth-order valence-electron chi connectivity index (χ4n) is 1.14. The van der Waals surface area contributed by atoms with Crippen LogP contribution in [0.3, 0.4) is 0 Å². The van der Waals surface area contributed by atoms with Crippen molar-refractivity contribution in [2.24, 2.45) is 5.92 Å². The highest BCUT2D eigenvalue weighted by Gasteiger charge is 2.12. The van der Waals surface area contributed by atoms with Gasteiger partial charge in [0.25, 0.3) is 0 Å². The van der Waals surface area contributed by atoms with Crippen molar-refractivity contribution in [1.29, 1.82) is 0 Å². The molecule has 14 heavy (non-hydrogen) atoms. The normalized spacial score (nSPS) is 12.5. The summed E-state index contributed by atoms with van der Waals surface area (Å²) in [5, 5.41) is 0.573. The summed E-state index contributed by atoms with van der Waals surface area (Å²) in [6.07, 6.45) is 4.52. The van der Waals surface area contributed by atoms with E-state index in [9.17, 15) is 4.79 Å². The zero-order valence-corrected chi connectivity index (χ0v) is 9.21. The predicted octanol–water partition coefficient (Wildman–Crippen LogP) is 2.89. The molecule has 0 N–H and O–H groups in total. The molecule has 0 spiro atoms. The number of aromatic nitrogens is 1. The van der Waals surface area contributed by atoms with Crippen LogP contribution in [-0.4, -0.2) is 10.8 Å². The van der Waals surface area contributed by atoms with Gasteiger partial charge in [0.05, 0.1) is 5.02 Å². The molecular weight excluding hydrogens is 198 g/mol. The van der Waals surface area contributed by atoms with E-state index < -0.39 is 0 Å². The Morgan fingerprint density at radius 1 is 1.64 bits per heavy atom. The van der Waals surface area contributed by atoms with Gasteiger partial charge in [-0.3, -0.25) is 9.78 Å². The zero-order valence-electron chi connectivity index (χ0n) is 8.46. The fraction of sp³-hybridized carbons (Fsp3) is 0.455. The minimum absolute atomic E-state index is 0.110. The molecule has 0 saturated carbocycles. The Balaban J connectivity index is 2.70. The molecule has 1 unspecified atom stereocenters. The second-order valence-corrected chi connectivity index (χ2v) is 3.83. The third kappa shape index (κ3) is 2.81. The predicted molar refractivity (Wildman–Crippen MR) is 57.4 cm³/mol. The molecule has 0 aromatic carbocycles. The van der Waals surface area contributed by atoms with Crippen LogP contribution >= 0.6 is 11.6 Å². The van der Waals surface area contributed by atoms with E-state index in [1.165, 1.54) is 0 Å². The number of hydrogen-bond donors (Lipinski definition) is 0. The van der Waals surface area contributed by atoms with Crippen LogP contribution in [-0.2, 0) is 11.2 Å². The molecule has 0 saturated heterocycles. The standard InChI is InChI=1S/C11H14ClNO/c1-3-8(2)11(14)6-9-4-5-13-7-10(9)12/h4-5,7-8H,3,6H2,1-2H3. The van der Waals surface area contributed by atoms with Crippen LogP contribution in [0.1, 0.15) is 25.8 Å². The van der Waals surface area contributed by atoms with Crippen LogP contribution in [0.5, 0.6) is 0 Å². The van der Waals surface area contributed by atoms with E-state index in [1.807, 2.05) is 13.8 Å². The van der Waals surface area contributed by atoms with Gasteiger partial charge >= 0.3 is 0 Å². The third-order valence-electron chi connectivity index (χ3n) is 2.38. The van der Waals surface area contributed by atoms with Crippen LogP contribution < -0.4 is 0 Å². The Bertz CT molecular complexity index is 325. The Labute approximate surface area is 89.3 Å². The van der Waals surface area contributed by atoms with Crippen molar-refractivity contribution >= 4 is 17.4 Å². The molecule has 1 rings (SSSR count). The lowest BCUT2D eigenvalue weighted by molar-refractivity contribution is -0.121. The molecule has 1 atom stereocenters. The van der Waals surface area contributed by atoms with Gasteiger partial charge in [0.2, 0.25) is 0 Å². The SMILES string of the molecule is CCC(C)C(=O)Cc1ccncc1Cl. The highest BCUT2D eigenvalue weighted by atomic mass is 35.5. The molecule has 3 heteroatoms. The van der Waals surface area contributed by atoms with Crippen LogP contribution in [0.25, 0.3) is 0 Å². The molecule has 76 valence electrons. The molecular formula is C11H14ClNO. The highest BCUT2D eigenvalue weighted by Crippen LogP contribution is 2.16. The highest BCUT2D eigenvalue weighted by molar-refractivity contribution is 6.31. The van der Waals surface area contributed by atoms with Crippen molar-refractivity contribution in [3.63, 3.8) is 0 Å². The van der Waals surface area contributed by atoms with Crippen molar-refractivity contribution in [3.8, 4) is 0 Å². The lowest BCUT2D eigenvalue weighted by Gasteiger charge is -2.07. The quantitative estimate of drug-likeness (QED) is 0.767. The summed E-state index contributed by atoms with van der Waals surface area (Å²) in [5.41, 5.74) is 0.868. The van der Waals surface area contributed by atoms with E-state index in [0.717, 1.165) is 12.0 Å². The number of Topliss-reactive ketones (excluding diaryl/α,β-unsaturated/α-hetero) is 1. The van der Waals surface area contributed by atoms with E-state index in [0.29, 0.717) is 11.4 Å². The molecule has 1 aromatic rings. The topological polar surface area (TPSA) is 30.0 Å². The second kappa shape index (κ2) is 5.11. The molecule has 0 aliphatic heterocycles. The smallest absolute Gasteiger partial charge is 0.140 e. The Morgan fingerprint density at radius 3 is 2.93 bits per heavy atom. The average molecular weight is 212 g/mol. The van der Waals surface area contributed by atoms with Crippen molar-refractivity contribution in [1.82, 2.24) is 4.98 Å². The lowest BCUT2D eigenvalue weighted by atomic mass is 9.98. The Kier molecular flexibility index (Phi) is 4.08. The average Bonchev–Trinajstić information content (AvgIpc) is 2.20. The third-order valence-corrected chi connectivity index (χ3v) is 2.72. The van der Waals surface area contributed by atoms with Gasteiger partial charge in [-0.05, 0) is 18.1 Å². The summed E-state index contributed by atoms with van der Waals surface area (Å²) in [6, 6.07) is 1.79. The number of hydrogen-bond acceptors (Lipinski definition) is 2. The van der Waals surface area contributed by atoms with Gasteiger partial charge in [0, 0.05) is 24.7 Å². The first-order valence-electron chi connectivity index (χ1n) is 4.76. The largest absolute Gasteiger partial charge is 0.299 e. The summed E-state index contributed by atoms with van der Waals surface area (Å²) in [7, 11) is 0. The summed E-state index contributed by atoms with van der Waals surface area (Å²) in [6.45, 7) is 3.95.